The van der Waals surface area contributed by atoms with Crippen LogP contribution >= 0.6 is 0 Å². The van der Waals surface area contributed by atoms with E-state index in [0.717, 1.165) is 6.07 Å². The molecule has 2 N–H and O–H groups in total. The summed E-state index contributed by atoms with van der Waals surface area (Å²) >= 11 is 0. The van der Waals surface area contributed by atoms with E-state index in [1.54, 1.807) is 0 Å². The minimum atomic E-state index is -1.14. The molecule has 0 saturated carbocycles. The quantitative estimate of drug-likeness (QED) is 0.596. The number of carbonyl (C=O) groups excluding carboxylic acids is 2. The maximum absolute atomic E-state index is 14.7. The Kier molecular flexibility index (Phi) is 5.75. The predicted molar refractivity (Wildman–Crippen MR) is 99.3 cm³/mol. The molecule has 0 unspecified atom stereocenters. The monoisotopic (exact) mass is 407 g/mol. The van der Waals surface area contributed by atoms with Gasteiger partial charge in [-0.2, -0.15) is 0 Å². The fourth-order valence-corrected chi connectivity index (χ4v) is 3.73. The summed E-state index contributed by atoms with van der Waals surface area (Å²) in [7, 11) is 1.45. The molecule has 1 atom stereocenters. The van der Waals surface area contributed by atoms with E-state index in [9.17, 15) is 18.4 Å². The van der Waals surface area contributed by atoms with Gasteiger partial charge in [-0.15, -0.1) is 0 Å². The molecule has 2 aliphatic rings. The molecule has 0 spiro atoms. The van der Waals surface area contributed by atoms with Crippen LogP contribution in [0.15, 0.2) is 41.0 Å². The minimum Gasteiger partial charge on any atom is -0.460 e. The standard InChI is InChI=1S/C21H23F2NO5/c1-21(2)9-14(25)17-15(10-21)29-19(24)18(20(26)28-7-6-27-3)16(17)12-5-4-11(22)8-13(12)23/h4-5,8,16H,6-7,9-10,24H2,1-3H3/t16-/m1/s1. The molecule has 1 aliphatic heterocycles. The van der Waals surface area contributed by atoms with Crippen LogP contribution in [0.25, 0.3) is 0 Å². The summed E-state index contributed by atoms with van der Waals surface area (Å²) in [6.45, 7) is 3.90. The Morgan fingerprint density at radius 1 is 1.28 bits per heavy atom. The highest BCUT2D eigenvalue weighted by Crippen LogP contribution is 2.48. The SMILES string of the molecule is COCCOC(=O)C1=C(N)OC2=C(C(=O)CC(C)(C)C2)[C@H]1c1ccc(F)cc1F. The Labute approximate surface area is 167 Å². The lowest BCUT2D eigenvalue weighted by Gasteiger charge is -2.38. The highest BCUT2D eigenvalue weighted by molar-refractivity contribution is 6.03. The van der Waals surface area contributed by atoms with E-state index in [0.29, 0.717) is 18.2 Å². The van der Waals surface area contributed by atoms with Crippen LogP contribution in [0.2, 0.25) is 0 Å². The van der Waals surface area contributed by atoms with Crippen LogP contribution in [0, 0.1) is 17.0 Å². The van der Waals surface area contributed by atoms with Crippen molar-refractivity contribution in [3.05, 3.63) is 58.2 Å². The summed E-state index contributed by atoms with van der Waals surface area (Å²) in [5, 5.41) is 0. The van der Waals surface area contributed by atoms with E-state index in [1.807, 2.05) is 13.8 Å². The van der Waals surface area contributed by atoms with E-state index < -0.39 is 23.5 Å². The van der Waals surface area contributed by atoms with Crippen LogP contribution in [0.5, 0.6) is 0 Å². The maximum Gasteiger partial charge on any atom is 0.340 e. The highest BCUT2D eigenvalue weighted by atomic mass is 19.1. The number of rotatable bonds is 5. The summed E-state index contributed by atoms with van der Waals surface area (Å²) in [6, 6.07) is 2.97. The molecular weight excluding hydrogens is 384 g/mol. The number of benzene rings is 1. The number of halogens is 2. The summed E-state index contributed by atoms with van der Waals surface area (Å²) in [4.78, 5) is 25.7. The van der Waals surface area contributed by atoms with Crippen LogP contribution in [-0.4, -0.2) is 32.1 Å². The summed E-state index contributed by atoms with van der Waals surface area (Å²) in [5.41, 5.74) is 5.57. The zero-order valence-corrected chi connectivity index (χ0v) is 16.5. The van der Waals surface area contributed by atoms with Gasteiger partial charge in [-0.25, -0.2) is 13.6 Å². The molecule has 3 rings (SSSR count). The molecule has 1 aliphatic carbocycles. The third-order valence-corrected chi connectivity index (χ3v) is 4.97. The molecule has 6 nitrogen and oxygen atoms in total. The molecule has 0 amide bonds. The molecule has 1 aromatic rings. The second-order valence-electron chi connectivity index (χ2n) is 7.89. The van der Waals surface area contributed by atoms with E-state index in [-0.39, 0.29) is 53.4 Å². The van der Waals surface area contributed by atoms with Gasteiger partial charge in [0.15, 0.2) is 5.78 Å². The first-order valence-electron chi connectivity index (χ1n) is 9.19. The molecular formula is C21H23F2NO5. The lowest BCUT2D eigenvalue weighted by Crippen LogP contribution is -2.36. The van der Waals surface area contributed by atoms with Crippen LogP contribution in [-0.2, 0) is 23.8 Å². The van der Waals surface area contributed by atoms with Crippen LogP contribution in [0.3, 0.4) is 0 Å². The van der Waals surface area contributed by atoms with E-state index in [1.165, 1.54) is 13.2 Å². The number of ether oxygens (including phenoxy) is 3. The van der Waals surface area contributed by atoms with Crippen molar-refractivity contribution in [3.8, 4) is 0 Å². The number of hydrogen-bond acceptors (Lipinski definition) is 6. The number of hydrogen-bond donors (Lipinski definition) is 1. The topological polar surface area (TPSA) is 87.8 Å². The summed E-state index contributed by atoms with van der Waals surface area (Å²) in [6.07, 6.45) is 0.584. The van der Waals surface area contributed by atoms with Crippen LogP contribution < -0.4 is 5.73 Å². The van der Waals surface area contributed by atoms with E-state index in [4.69, 9.17) is 19.9 Å². The molecule has 8 heteroatoms. The fraction of sp³-hybridized carbons (Fsp3) is 0.429. The second-order valence-corrected chi connectivity index (χ2v) is 7.89. The van der Waals surface area contributed by atoms with Gasteiger partial charge in [-0.1, -0.05) is 19.9 Å². The van der Waals surface area contributed by atoms with Crippen LogP contribution in [0.4, 0.5) is 8.78 Å². The Balaban J connectivity index is 2.13. The first-order valence-corrected chi connectivity index (χ1v) is 9.19. The third-order valence-electron chi connectivity index (χ3n) is 4.97. The van der Waals surface area contributed by atoms with Crippen molar-refractivity contribution in [1.82, 2.24) is 0 Å². The maximum atomic E-state index is 14.7. The van der Waals surface area contributed by atoms with Gasteiger partial charge in [0.2, 0.25) is 5.88 Å². The Morgan fingerprint density at radius 2 is 2.00 bits per heavy atom. The molecule has 0 radical (unpaired) electrons. The number of esters is 1. The Bertz CT molecular complexity index is 920. The van der Waals surface area contributed by atoms with E-state index in [2.05, 4.69) is 0 Å². The number of carbonyl (C=O) groups is 2. The number of nitrogens with two attached hydrogens (primary N) is 1. The second kappa shape index (κ2) is 7.94. The van der Waals surface area contributed by atoms with Gasteiger partial charge in [-0.3, -0.25) is 4.79 Å². The number of methoxy groups -OCH3 is 1. The zero-order chi connectivity index (χ0) is 21.3. The average molecular weight is 407 g/mol. The summed E-state index contributed by atoms with van der Waals surface area (Å²) in [5.74, 6) is -3.90. The van der Waals surface area contributed by atoms with Gasteiger partial charge in [0.05, 0.1) is 12.5 Å². The lowest BCUT2D eigenvalue weighted by molar-refractivity contribution is -0.141. The molecule has 156 valence electrons. The van der Waals surface area contributed by atoms with Crippen molar-refractivity contribution >= 4 is 11.8 Å². The van der Waals surface area contributed by atoms with E-state index >= 15 is 0 Å². The van der Waals surface area contributed by atoms with Gasteiger partial charge >= 0.3 is 5.97 Å². The Hall–Kier alpha value is -2.74. The number of Topliss-reactive ketones (excluding diaryl/α,β-unsaturated/α-hetero) is 1. The smallest absolute Gasteiger partial charge is 0.340 e. The van der Waals surface area contributed by atoms with Crippen molar-refractivity contribution in [1.29, 1.82) is 0 Å². The van der Waals surface area contributed by atoms with Crippen molar-refractivity contribution in [2.75, 3.05) is 20.3 Å². The average Bonchev–Trinajstić information content (AvgIpc) is 2.59. The van der Waals surface area contributed by atoms with Crippen molar-refractivity contribution in [2.24, 2.45) is 11.1 Å². The molecule has 0 fully saturated rings. The third kappa shape index (κ3) is 4.17. The molecule has 1 aromatic carbocycles. The van der Waals surface area contributed by atoms with Gasteiger partial charge in [0.25, 0.3) is 0 Å². The van der Waals surface area contributed by atoms with Crippen molar-refractivity contribution in [3.63, 3.8) is 0 Å². The number of ketones is 1. The molecule has 1 heterocycles. The summed E-state index contributed by atoms with van der Waals surface area (Å²) < 4.78 is 43.8. The van der Waals surface area contributed by atoms with Gasteiger partial charge < -0.3 is 19.9 Å². The molecule has 0 bridgehead atoms. The fourth-order valence-electron chi connectivity index (χ4n) is 3.73. The van der Waals surface area contributed by atoms with Gasteiger partial charge in [-0.05, 0) is 11.5 Å². The molecule has 0 aromatic heterocycles. The lowest BCUT2D eigenvalue weighted by atomic mass is 9.70. The van der Waals surface area contributed by atoms with Gasteiger partial charge in [0, 0.05) is 37.2 Å². The van der Waals surface area contributed by atoms with Gasteiger partial charge in [0.1, 0.15) is 29.6 Å². The first kappa shape index (κ1) is 21.0. The van der Waals surface area contributed by atoms with Crippen LogP contribution in [0.1, 0.15) is 38.2 Å². The highest BCUT2D eigenvalue weighted by Gasteiger charge is 2.45. The van der Waals surface area contributed by atoms with Crippen molar-refractivity contribution in [2.45, 2.75) is 32.6 Å². The number of allylic oxidation sites excluding steroid dienone is 2. The first-order chi connectivity index (χ1) is 13.6. The largest absolute Gasteiger partial charge is 0.460 e. The minimum absolute atomic E-state index is 0.0445. The molecule has 0 saturated heterocycles. The normalized spacial score (nSPS) is 21.0. The van der Waals surface area contributed by atoms with Crippen molar-refractivity contribution < 1.29 is 32.6 Å². The Morgan fingerprint density at radius 3 is 2.66 bits per heavy atom. The molecule has 29 heavy (non-hydrogen) atoms. The zero-order valence-electron chi connectivity index (χ0n) is 16.5. The predicted octanol–water partition coefficient (Wildman–Crippen LogP) is 3.08.